The molecule has 90 valence electrons. The lowest BCUT2D eigenvalue weighted by molar-refractivity contribution is 0.799. The van der Waals surface area contributed by atoms with Gasteiger partial charge in [0.2, 0.25) is 0 Å². The van der Waals surface area contributed by atoms with Crippen LogP contribution in [0.15, 0.2) is 24.3 Å². The standard InChI is InChI=1S/C14H19N3/c1-10-5-4-6-14(12(10)3)17-11(2)9-13(16-17)7-8-15/h4-6,9H,7-8,15H2,1-3H3. The van der Waals surface area contributed by atoms with Crippen molar-refractivity contribution in [1.29, 1.82) is 0 Å². The molecule has 2 rings (SSSR count). The first-order valence-electron chi connectivity index (χ1n) is 5.95. The molecule has 0 aliphatic rings. The molecule has 0 atom stereocenters. The third kappa shape index (κ3) is 2.24. The van der Waals surface area contributed by atoms with E-state index in [0.717, 1.165) is 23.5 Å². The highest BCUT2D eigenvalue weighted by atomic mass is 15.3. The zero-order valence-electron chi connectivity index (χ0n) is 10.7. The molecule has 0 radical (unpaired) electrons. The Labute approximate surface area is 102 Å². The number of aromatic nitrogens is 2. The van der Waals surface area contributed by atoms with Gasteiger partial charge in [-0.1, -0.05) is 12.1 Å². The summed E-state index contributed by atoms with van der Waals surface area (Å²) < 4.78 is 2.01. The molecule has 3 heteroatoms. The fraction of sp³-hybridized carbons (Fsp3) is 0.357. The predicted molar refractivity (Wildman–Crippen MR) is 70.5 cm³/mol. The first kappa shape index (κ1) is 11.9. The van der Waals surface area contributed by atoms with Gasteiger partial charge in [0.05, 0.1) is 11.4 Å². The zero-order chi connectivity index (χ0) is 12.4. The molecule has 1 aromatic heterocycles. The van der Waals surface area contributed by atoms with Gasteiger partial charge in [-0.05, 0) is 50.6 Å². The lowest BCUT2D eigenvalue weighted by Crippen LogP contribution is -2.05. The average Bonchev–Trinajstić information content (AvgIpc) is 2.64. The summed E-state index contributed by atoms with van der Waals surface area (Å²) in [4.78, 5) is 0. The minimum Gasteiger partial charge on any atom is -0.330 e. The molecule has 0 unspecified atom stereocenters. The molecule has 17 heavy (non-hydrogen) atoms. The Kier molecular flexibility index (Phi) is 3.29. The fourth-order valence-electron chi connectivity index (χ4n) is 2.02. The van der Waals surface area contributed by atoms with Gasteiger partial charge in [-0.25, -0.2) is 4.68 Å². The van der Waals surface area contributed by atoms with E-state index >= 15 is 0 Å². The lowest BCUT2D eigenvalue weighted by atomic mass is 10.1. The topological polar surface area (TPSA) is 43.8 Å². The molecular formula is C14H19N3. The van der Waals surface area contributed by atoms with Crippen molar-refractivity contribution in [3.8, 4) is 5.69 Å². The highest BCUT2D eigenvalue weighted by Gasteiger charge is 2.08. The van der Waals surface area contributed by atoms with Crippen LogP contribution < -0.4 is 5.73 Å². The fourth-order valence-corrected chi connectivity index (χ4v) is 2.02. The van der Waals surface area contributed by atoms with Gasteiger partial charge in [-0.15, -0.1) is 0 Å². The molecule has 0 saturated heterocycles. The van der Waals surface area contributed by atoms with Gasteiger partial charge in [0.1, 0.15) is 0 Å². The summed E-state index contributed by atoms with van der Waals surface area (Å²) in [5.74, 6) is 0. The summed E-state index contributed by atoms with van der Waals surface area (Å²) in [6.07, 6.45) is 0.832. The molecule has 1 heterocycles. The van der Waals surface area contributed by atoms with Crippen LogP contribution in [0.1, 0.15) is 22.5 Å². The van der Waals surface area contributed by atoms with E-state index in [9.17, 15) is 0 Å². The van der Waals surface area contributed by atoms with Crippen LogP contribution in [0.5, 0.6) is 0 Å². The van der Waals surface area contributed by atoms with Crippen LogP contribution in [0.25, 0.3) is 5.69 Å². The Bertz CT molecular complexity index is 526. The largest absolute Gasteiger partial charge is 0.330 e. The van der Waals surface area contributed by atoms with Crippen LogP contribution in [0.2, 0.25) is 0 Å². The maximum Gasteiger partial charge on any atom is 0.0680 e. The number of rotatable bonds is 3. The predicted octanol–water partition coefficient (Wildman–Crippen LogP) is 2.30. The second-order valence-electron chi connectivity index (χ2n) is 4.45. The molecule has 0 saturated carbocycles. The molecular weight excluding hydrogens is 210 g/mol. The second-order valence-corrected chi connectivity index (χ2v) is 4.45. The van der Waals surface area contributed by atoms with Crippen molar-refractivity contribution in [2.24, 2.45) is 5.73 Å². The van der Waals surface area contributed by atoms with Crippen LogP contribution in [-0.4, -0.2) is 16.3 Å². The van der Waals surface area contributed by atoms with Gasteiger partial charge >= 0.3 is 0 Å². The van der Waals surface area contributed by atoms with Gasteiger partial charge in [0, 0.05) is 12.1 Å². The SMILES string of the molecule is Cc1cccc(-n2nc(CCN)cc2C)c1C. The molecule has 0 spiro atoms. The van der Waals surface area contributed by atoms with E-state index in [0.29, 0.717) is 6.54 Å². The van der Waals surface area contributed by atoms with E-state index in [-0.39, 0.29) is 0 Å². The van der Waals surface area contributed by atoms with E-state index < -0.39 is 0 Å². The quantitative estimate of drug-likeness (QED) is 0.877. The number of nitrogens with two attached hydrogens (primary N) is 1. The van der Waals surface area contributed by atoms with Gasteiger partial charge in [0.15, 0.2) is 0 Å². The molecule has 0 amide bonds. The van der Waals surface area contributed by atoms with E-state index in [2.05, 4.69) is 50.1 Å². The third-order valence-electron chi connectivity index (χ3n) is 3.14. The lowest BCUT2D eigenvalue weighted by Gasteiger charge is -2.10. The van der Waals surface area contributed by atoms with Crippen LogP contribution in [-0.2, 0) is 6.42 Å². The van der Waals surface area contributed by atoms with Gasteiger partial charge in [-0.2, -0.15) is 5.10 Å². The third-order valence-corrected chi connectivity index (χ3v) is 3.14. The van der Waals surface area contributed by atoms with Crippen molar-refractivity contribution in [2.75, 3.05) is 6.54 Å². The van der Waals surface area contributed by atoms with Crippen molar-refractivity contribution in [1.82, 2.24) is 9.78 Å². The van der Waals surface area contributed by atoms with Gasteiger partial charge < -0.3 is 5.73 Å². The van der Waals surface area contributed by atoms with Crippen molar-refractivity contribution < 1.29 is 0 Å². The molecule has 3 nitrogen and oxygen atoms in total. The number of nitrogens with zero attached hydrogens (tertiary/aromatic N) is 2. The van der Waals surface area contributed by atoms with Crippen molar-refractivity contribution >= 4 is 0 Å². The Morgan fingerprint density at radius 1 is 1.24 bits per heavy atom. The van der Waals surface area contributed by atoms with Crippen LogP contribution >= 0.6 is 0 Å². The van der Waals surface area contributed by atoms with E-state index in [4.69, 9.17) is 5.73 Å². The number of aryl methyl sites for hydroxylation is 2. The number of hydrogen-bond acceptors (Lipinski definition) is 2. The summed E-state index contributed by atoms with van der Waals surface area (Å²) in [5.41, 5.74) is 11.5. The first-order chi connectivity index (χ1) is 8.13. The van der Waals surface area contributed by atoms with Gasteiger partial charge in [-0.3, -0.25) is 0 Å². The Morgan fingerprint density at radius 2 is 2.00 bits per heavy atom. The van der Waals surface area contributed by atoms with E-state index in [1.165, 1.54) is 11.1 Å². The molecule has 2 aromatic rings. The average molecular weight is 229 g/mol. The highest BCUT2D eigenvalue weighted by molar-refractivity contribution is 5.45. The van der Waals surface area contributed by atoms with Crippen LogP contribution in [0.4, 0.5) is 0 Å². The Balaban J connectivity index is 2.49. The van der Waals surface area contributed by atoms with Gasteiger partial charge in [0.25, 0.3) is 0 Å². The van der Waals surface area contributed by atoms with E-state index in [1.54, 1.807) is 0 Å². The smallest absolute Gasteiger partial charge is 0.0680 e. The summed E-state index contributed by atoms with van der Waals surface area (Å²) in [7, 11) is 0. The Hall–Kier alpha value is -1.61. The summed E-state index contributed by atoms with van der Waals surface area (Å²) >= 11 is 0. The maximum atomic E-state index is 5.56. The first-order valence-corrected chi connectivity index (χ1v) is 5.95. The second kappa shape index (κ2) is 4.72. The van der Waals surface area contributed by atoms with Crippen LogP contribution in [0, 0.1) is 20.8 Å². The number of benzene rings is 1. The summed E-state index contributed by atoms with van der Waals surface area (Å²) in [5, 5.41) is 4.61. The minimum absolute atomic E-state index is 0.642. The normalized spacial score (nSPS) is 10.8. The molecule has 0 bridgehead atoms. The molecule has 0 aliphatic carbocycles. The number of hydrogen-bond donors (Lipinski definition) is 1. The maximum absolute atomic E-state index is 5.56. The van der Waals surface area contributed by atoms with Crippen molar-refractivity contribution in [3.05, 3.63) is 46.8 Å². The zero-order valence-corrected chi connectivity index (χ0v) is 10.7. The van der Waals surface area contributed by atoms with E-state index in [1.807, 2.05) is 4.68 Å². The molecule has 1 aromatic carbocycles. The van der Waals surface area contributed by atoms with Crippen molar-refractivity contribution in [3.63, 3.8) is 0 Å². The highest BCUT2D eigenvalue weighted by Crippen LogP contribution is 2.19. The summed E-state index contributed by atoms with van der Waals surface area (Å²) in [6, 6.07) is 8.41. The van der Waals surface area contributed by atoms with Crippen molar-refractivity contribution in [2.45, 2.75) is 27.2 Å². The molecule has 2 N–H and O–H groups in total. The summed E-state index contributed by atoms with van der Waals surface area (Å²) in [6.45, 7) is 6.98. The monoisotopic (exact) mass is 229 g/mol. The Morgan fingerprint density at radius 3 is 2.71 bits per heavy atom. The molecule has 0 aliphatic heterocycles. The van der Waals surface area contributed by atoms with Crippen LogP contribution in [0.3, 0.4) is 0 Å². The molecule has 0 fully saturated rings. The minimum atomic E-state index is 0.642.